The lowest BCUT2D eigenvalue weighted by Gasteiger charge is -1.92. The van der Waals surface area contributed by atoms with Gasteiger partial charge in [-0.15, -0.1) is 5.10 Å². The lowest BCUT2D eigenvalue weighted by atomic mass is 10.4. The Labute approximate surface area is 61.9 Å². The van der Waals surface area contributed by atoms with Crippen LogP contribution in [-0.4, -0.2) is 16.5 Å². The van der Waals surface area contributed by atoms with Crippen LogP contribution in [-0.2, 0) is 0 Å². The van der Waals surface area contributed by atoms with Crippen molar-refractivity contribution in [1.82, 2.24) is 15.5 Å². The Hall–Kier alpha value is -1.16. The second kappa shape index (κ2) is 1.91. The first kappa shape index (κ1) is 5.61. The van der Waals surface area contributed by atoms with E-state index in [0.29, 0.717) is 16.5 Å². The number of rotatable bonds is 0. The van der Waals surface area contributed by atoms with Gasteiger partial charge in [-0.05, 0) is 0 Å². The summed E-state index contributed by atoms with van der Waals surface area (Å²) in [6.07, 6.45) is 2.95. The van der Waals surface area contributed by atoms with E-state index in [9.17, 15) is 0 Å². The predicted octanol–water partition coefficient (Wildman–Crippen LogP) is 1.04. The fourth-order valence-electron chi connectivity index (χ4n) is 0.711. The number of nitrogens with zero attached hydrogens (tertiary/aromatic N) is 4. The fourth-order valence-corrected chi connectivity index (χ4v) is 0.900. The molecule has 49 valence electrons. The Morgan fingerprint density at radius 1 is 1.40 bits per heavy atom. The van der Waals surface area contributed by atoms with Gasteiger partial charge in [-0.25, -0.2) is 10.3 Å². The Bertz CT molecular complexity index is 296. The maximum Gasteiger partial charge on any atom is 0.179 e. The first-order valence-corrected chi connectivity index (χ1v) is 3.00. The van der Waals surface area contributed by atoms with Crippen LogP contribution in [0.1, 0.15) is 0 Å². The summed E-state index contributed by atoms with van der Waals surface area (Å²) in [4.78, 5) is 3.87. The van der Waals surface area contributed by atoms with Crippen LogP contribution in [0.15, 0.2) is 11.2 Å². The van der Waals surface area contributed by atoms with Crippen LogP contribution in [0.2, 0.25) is 5.15 Å². The molecule has 1 aliphatic rings. The average Bonchev–Trinajstić information content (AvgIpc) is 2.36. The molecule has 1 aromatic heterocycles. The van der Waals surface area contributed by atoms with Gasteiger partial charge in [0, 0.05) is 0 Å². The molecule has 0 aromatic carbocycles. The first-order chi connectivity index (χ1) is 4.88. The number of halogens is 1. The summed E-state index contributed by atoms with van der Waals surface area (Å²) >= 11 is 5.62. The summed E-state index contributed by atoms with van der Waals surface area (Å²) in [5.41, 5.74) is 1.29. The van der Waals surface area contributed by atoms with Gasteiger partial charge in [-0.3, -0.25) is 0 Å². The van der Waals surface area contributed by atoms with E-state index in [0.717, 1.165) is 0 Å². The smallest absolute Gasteiger partial charge is 0.179 e. The Morgan fingerprint density at radius 3 is 3.10 bits per heavy atom. The Balaban J connectivity index is 2.67. The highest BCUT2D eigenvalue weighted by Gasteiger charge is 2.11. The molecule has 0 bridgehead atoms. The zero-order valence-corrected chi connectivity index (χ0v) is 5.58. The molecule has 0 saturated carbocycles. The maximum atomic E-state index is 5.62. The Morgan fingerprint density at radius 2 is 2.30 bits per heavy atom. The van der Waals surface area contributed by atoms with E-state index in [1.165, 1.54) is 12.5 Å². The van der Waals surface area contributed by atoms with Gasteiger partial charge in [0.25, 0.3) is 0 Å². The molecule has 0 spiro atoms. The monoisotopic (exact) mass is 153 g/mol. The highest BCUT2D eigenvalue weighted by Crippen LogP contribution is 2.32. The van der Waals surface area contributed by atoms with Crippen LogP contribution in [0.25, 0.3) is 0 Å². The summed E-state index contributed by atoms with van der Waals surface area (Å²) in [5.74, 6) is 0. The van der Waals surface area contributed by atoms with Crippen molar-refractivity contribution >= 4 is 29.3 Å². The topological polar surface area (TPSA) is 52.2 Å². The number of hydrogen-bond acceptors (Lipinski definition) is 3. The lowest BCUT2D eigenvalue weighted by Crippen LogP contribution is -1.87. The minimum Gasteiger partial charge on any atom is -0.233 e. The number of aliphatic imine (C=N–C) groups is 1. The molecule has 10 heavy (non-hydrogen) atoms. The van der Waals surface area contributed by atoms with E-state index in [1.54, 1.807) is 0 Å². The average molecular weight is 154 g/mol. The van der Waals surface area contributed by atoms with E-state index >= 15 is 0 Å². The second-order valence-electron chi connectivity index (χ2n) is 1.74. The van der Waals surface area contributed by atoms with Gasteiger partial charge in [0.05, 0.1) is 6.20 Å². The van der Waals surface area contributed by atoms with Gasteiger partial charge >= 0.3 is 0 Å². The standard InChI is InChI=1S/C5H2ClN4/c6-5-4-3(1-9-10-5)7-2-8-4/h1-2H. The SMILES string of the molecule is Clc1nncc2c1N=C[N]2. The molecule has 1 radical (unpaired) electrons. The van der Waals surface area contributed by atoms with Crippen LogP contribution in [0.3, 0.4) is 0 Å². The largest absolute Gasteiger partial charge is 0.233 e. The lowest BCUT2D eigenvalue weighted by molar-refractivity contribution is 1.02. The number of fused-ring (bicyclic) bond motifs is 1. The number of hydrogen-bond donors (Lipinski definition) is 0. The molecule has 0 aliphatic carbocycles. The predicted molar refractivity (Wildman–Crippen MR) is 37.0 cm³/mol. The van der Waals surface area contributed by atoms with E-state index in [-0.39, 0.29) is 0 Å². The summed E-state index contributed by atoms with van der Waals surface area (Å²) in [5, 5.41) is 11.4. The minimum atomic E-state index is 0.301. The maximum absolute atomic E-state index is 5.62. The van der Waals surface area contributed by atoms with E-state index in [1.807, 2.05) is 0 Å². The molecule has 1 aromatic rings. The zero-order valence-electron chi connectivity index (χ0n) is 4.82. The summed E-state index contributed by atoms with van der Waals surface area (Å²) in [6, 6.07) is 0. The van der Waals surface area contributed by atoms with Crippen LogP contribution < -0.4 is 5.32 Å². The summed E-state index contributed by atoms with van der Waals surface area (Å²) < 4.78 is 0. The van der Waals surface area contributed by atoms with Crippen molar-refractivity contribution in [2.75, 3.05) is 0 Å². The van der Waals surface area contributed by atoms with Gasteiger partial charge < -0.3 is 0 Å². The highest BCUT2D eigenvalue weighted by atomic mass is 35.5. The van der Waals surface area contributed by atoms with Crippen molar-refractivity contribution in [3.63, 3.8) is 0 Å². The molecule has 2 rings (SSSR count). The van der Waals surface area contributed by atoms with Crippen molar-refractivity contribution in [2.24, 2.45) is 4.99 Å². The second-order valence-corrected chi connectivity index (χ2v) is 2.10. The molecular formula is C5H2ClN4. The molecule has 5 heteroatoms. The van der Waals surface area contributed by atoms with Crippen molar-refractivity contribution < 1.29 is 0 Å². The molecule has 0 N–H and O–H groups in total. The van der Waals surface area contributed by atoms with Crippen LogP contribution in [0.5, 0.6) is 0 Å². The zero-order chi connectivity index (χ0) is 6.97. The van der Waals surface area contributed by atoms with Crippen molar-refractivity contribution in [1.29, 1.82) is 0 Å². The van der Waals surface area contributed by atoms with Gasteiger partial charge in [-0.2, -0.15) is 5.10 Å². The van der Waals surface area contributed by atoms with Gasteiger partial charge in [0.1, 0.15) is 17.7 Å². The highest BCUT2D eigenvalue weighted by molar-refractivity contribution is 6.32. The number of aromatic nitrogens is 2. The van der Waals surface area contributed by atoms with Crippen LogP contribution in [0, 0.1) is 0 Å². The molecule has 4 nitrogen and oxygen atoms in total. The van der Waals surface area contributed by atoms with Crippen molar-refractivity contribution in [3.05, 3.63) is 11.3 Å². The van der Waals surface area contributed by atoms with Gasteiger partial charge in [-0.1, -0.05) is 11.6 Å². The summed E-state index contributed by atoms with van der Waals surface area (Å²) in [6.45, 7) is 0. The molecule has 0 amide bonds. The molecule has 1 aliphatic heterocycles. The third kappa shape index (κ3) is 0.657. The van der Waals surface area contributed by atoms with Gasteiger partial charge in [0.2, 0.25) is 0 Å². The van der Waals surface area contributed by atoms with Crippen LogP contribution >= 0.6 is 11.6 Å². The fraction of sp³-hybridized carbons (Fsp3) is 0. The van der Waals surface area contributed by atoms with E-state index in [4.69, 9.17) is 11.6 Å². The van der Waals surface area contributed by atoms with E-state index < -0.39 is 0 Å². The Kier molecular flexibility index (Phi) is 1.07. The van der Waals surface area contributed by atoms with Crippen molar-refractivity contribution in [2.45, 2.75) is 0 Å². The molecule has 0 atom stereocenters. The van der Waals surface area contributed by atoms with Crippen molar-refractivity contribution in [3.8, 4) is 0 Å². The summed E-state index contributed by atoms with van der Waals surface area (Å²) in [7, 11) is 0. The molecular weight excluding hydrogens is 152 g/mol. The quantitative estimate of drug-likeness (QED) is 0.559. The van der Waals surface area contributed by atoms with Crippen LogP contribution in [0.4, 0.5) is 11.4 Å². The van der Waals surface area contributed by atoms with Gasteiger partial charge in [0.15, 0.2) is 5.15 Å². The normalized spacial score (nSPS) is 12.9. The van der Waals surface area contributed by atoms with E-state index in [2.05, 4.69) is 20.5 Å². The molecule has 0 saturated heterocycles. The third-order valence-corrected chi connectivity index (χ3v) is 1.40. The molecule has 0 fully saturated rings. The molecule has 0 unspecified atom stereocenters. The molecule has 2 heterocycles. The third-order valence-electron chi connectivity index (χ3n) is 1.15. The minimum absolute atomic E-state index is 0.301. The first-order valence-electron chi connectivity index (χ1n) is 2.62.